The zero-order valence-electron chi connectivity index (χ0n) is 11.4. The third-order valence-electron chi connectivity index (χ3n) is 2.94. The molecule has 2 rings (SSSR count). The second-order valence-corrected chi connectivity index (χ2v) is 5.56. The molecule has 5 heteroatoms. The predicted octanol–water partition coefficient (Wildman–Crippen LogP) is 3.12. The Morgan fingerprint density at radius 1 is 1.15 bits per heavy atom. The molecule has 3 N–H and O–H groups in total. The number of hydrogen-bond acceptors (Lipinski definition) is 3. The van der Waals surface area contributed by atoms with Gasteiger partial charge in [0.25, 0.3) is 5.91 Å². The quantitative estimate of drug-likeness (QED) is 0.891. The first-order chi connectivity index (χ1) is 9.22. The minimum Gasteiger partial charge on any atom is -0.347 e. The van der Waals surface area contributed by atoms with Gasteiger partial charge in [-0.05, 0) is 36.2 Å². The van der Waals surface area contributed by atoms with Gasteiger partial charge in [0.1, 0.15) is 0 Å². The lowest BCUT2D eigenvalue weighted by atomic mass is 10.1. The Morgan fingerprint density at radius 2 is 1.80 bits per heavy atom. The predicted molar refractivity (Wildman–Crippen MR) is 86.4 cm³/mol. The van der Waals surface area contributed by atoms with Gasteiger partial charge in [-0.2, -0.15) is 0 Å². The molecular weight excluding hydrogens is 292 g/mol. The van der Waals surface area contributed by atoms with Crippen molar-refractivity contribution < 1.29 is 4.79 Å². The van der Waals surface area contributed by atoms with Gasteiger partial charge in [0, 0.05) is 21.9 Å². The molecule has 0 aliphatic rings. The molecule has 2 aromatic rings. The summed E-state index contributed by atoms with van der Waals surface area (Å²) < 4.78 is 0. The number of halogens is 1. The van der Waals surface area contributed by atoms with E-state index in [1.165, 1.54) is 9.75 Å². The molecule has 0 spiro atoms. The van der Waals surface area contributed by atoms with E-state index in [9.17, 15) is 4.79 Å². The van der Waals surface area contributed by atoms with Gasteiger partial charge in [0.2, 0.25) is 0 Å². The normalized spacial score (nSPS) is 9.90. The Hall–Kier alpha value is -1.36. The molecule has 0 radical (unpaired) electrons. The Bertz CT molecular complexity index is 551. The van der Waals surface area contributed by atoms with Crippen LogP contribution in [0.5, 0.6) is 0 Å². The number of nitrogens with two attached hydrogens (primary N) is 1. The number of amides is 1. The van der Waals surface area contributed by atoms with E-state index in [2.05, 4.69) is 24.4 Å². The van der Waals surface area contributed by atoms with E-state index in [-0.39, 0.29) is 18.3 Å². The van der Waals surface area contributed by atoms with Gasteiger partial charge in [0.15, 0.2) is 0 Å². The van der Waals surface area contributed by atoms with Crippen molar-refractivity contribution >= 4 is 29.7 Å². The number of thiophene rings is 1. The summed E-state index contributed by atoms with van der Waals surface area (Å²) in [4.78, 5) is 14.5. The highest BCUT2D eigenvalue weighted by Crippen LogP contribution is 2.16. The molecule has 3 nitrogen and oxygen atoms in total. The lowest BCUT2D eigenvalue weighted by Crippen LogP contribution is -2.22. The minimum atomic E-state index is -0.0463. The van der Waals surface area contributed by atoms with E-state index in [0.717, 1.165) is 12.0 Å². The second kappa shape index (κ2) is 8.04. The summed E-state index contributed by atoms with van der Waals surface area (Å²) in [7, 11) is 0. The Kier molecular flexibility index (Phi) is 6.71. The molecule has 108 valence electrons. The van der Waals surface area contributed by atoms with Crippen LogP contribution >= 0.6 is 23.7 Å². The summed E-state index contributed by atoms with van der Waals surface area (Å²) >= 11 is 1.74. The zero-order chi connectivity index (χ0) is 13.7. The summed E-state index contributed by atoms with van der Waals surface area (Å²) in [5, 5.41) is 2.93. The zero-order valence-corrected chi connectivity index (χ0v) is 13.0. The summed E-state index contributed by atoms with van der Waals surface area (Å²) in [6.45, 7) is 3.21. The van der Waals surface area contributed by atoms with E-state index >= 15 is 0 Å². The third-order valence-corrected chi connectivity index (χ3v) is 4.17. The molecule has 0 unspecified atom stereocenters. The lowest BCUT2D eigenvalue weighted by Gasteiger charge is -2.04. The molecule has 0 aliphatic carbocycles. The molecule has 1 aromatic carbocycles. The van der Waals surface area contributed by atoms with Crippen molar-refractivity contribution in [2.45, 2.75) is 26.4 Å². The molecule has 20 heavy (non-hydrogen) atoms. The standard InChI is InChI=1S/C15H18N2OS.ClH/c1-2-13-7-8-14(19-13)10-17-15(18)12-5-3-11(9-16)4-6-12;/h3-8H,2,9-10,16H2,1H3,(H,17,18);1H. The summed E-state index contributed by atoms with van der Waals surface area (Å²) in [6, 6.07) is 11.6. The Morgan fingerprint density at radius 3 is 2.35 bits per heavy atom. The maximum absolute atomic E-state index is 12.0. The van der Waals surface area contributed by atoms with E-state index in [1.54, 1.807) is 11.3 Å². The van der Waals surface area contributed by atoms with Crippen LogP contribution in [0.2, 0.25) is 0 Å². The molecule has 0 fully saturated rings. The fourth-order valence-electron chi connectivity index (χ4n) is 1.77. The molecule has 0 saturated heterocycles. The second-order valence-electron chi connectivity index (χ2n) is 4.31. The molecule has 1 aromatic heterocycles. The average Bonchev–Trinajstić information content (AvgIpc) is 2.93. The van der Waals surface area contributed by atoms with E-state index in [0.29, 0.717) is 18.7 Å². The highest BCUT2D eigenvalue weighted by molar-refractivity contribution is 7.11. The van der Waals surface area contributed by atoms with Crippen molar-refractivity contribution in [1.29, 1.82) is 0 Å². The van der Waals surface area contributed by atoms with E-state index in [4.69, 9.17) is 5.73 Å². The topological polar surface area (TPSA) is 55.1 Å². The Labute approximate surface area is 129 Å². The number of carbonyl (C=O) groups excluding carboxylic acids is 1. The first kappa shape index (κ1) is 16.7. The van der Waals surface area contributed by atoms with Gasteiger partial charge >= 0.3 is 0 Å². The van der Waals surface area contributed by atoms with E-state index < -0.39 is 0 Å². The maximum atomic E-state index is 12.0. The number of hydrogen-bond donors (Lipinski definition) is 2. The van der Waals surface area contributed by atoms with Crippen LogP contribution in [0.1, 0.15) is 32.6 Å². The van der Waals surface area contributed by atoms with Crippen molar-refractivity contribution in [3.05, 3.63) is 57.3 Å². The van der Waals surface area contributed by atoms with Crippen molar-refractivity contribution in [2.24, 2.45) is 5.73 Å². The number of carbonyl (C=O) groups is 1. The van der Waals surface area contributed by atoms with Crippen molar-refractivity contribution in [1.82, 2.24) is 5.32 Å². The van der Waals surface area contributed by atoms with Gasteiger partial charge < -0.3 is 11.1 Å². The van der Waals surface area contributed by atoms with Crippen LogP contribution in [0, 0.1) is 0 Å². The SMILES string of the molecule is CCc1ccc(CNC(=O)c2ccc(CN)cc2)s1.Cl. The van der Waals surface area contributed by atoms with Crippen LogP contribution in [0.15, 0.2) is 36.4 Å². The molecule has 0 atom stereocenters. The van der Waals surface area contributed by atoms with Gasteiger partial charge in [-0.25, -0.2) is 0 Å². The summed E-state index contributed by atoms with van der Waals surface area (Å²) in [5.41, 5.74) is 7.23. The van der Waals surface area contributed by atoms with Crippen LogP contribution in [-0.2, 0) is 19.5 Å². The van der Waals surface area contributed by atoms with Gasteiger partial charge in [-0.15, -0.1) is 23.7 Å². The first-order valence-electron chi connectivity index (χ1n) is 6.37. The Balaban J connectivity index is 0.00000200. The van der Waals surface area contributed by atoms with Crippen LogP contribution in [0.25, 0.3) is 0 Å². The van der Waals surface area contributed by atoms with Gasteiger partial charge in [0.05, 0.1) is 6.54 Å². The summed E-state index contributed by atoms with van der Waals surface area (Å²) in [5.74, 6) is -0.0463. The smallest absolute Gasteiger partial charge is 0.251 e. The van der Waals surface area contributed by atoms with Crippen molar-refractivity contribution in [3.63, 3.8) is 0 Å². The number of nitrogens with one attached hydrogen (secondary N) is 1. The molecular formula is C15H19ClN2OS. The van der Waals surface area contributed by atoms with Crippen LogP contribution in [0.4, 0.5) is 0 Å². The fourth-order valence-corrected chi connectivity index (χ4v) is 2.67. The number of benzene rings is 1. The highest BCUT2D eigenvalue weighted by atomic mass is 35.5. The lowest BCUT2D eigenvalue weighted by molar-refractivity contribution is 0.0951. The van der Waals surface area contributed by atoms with Gasteiger partial charge in [-0.3, -0.25) is 4.79 Å². The van der Waals surface area contributed by atoms with Crippen LogP contribution < -0.4 is 11.1 Å². The van der Waals surface area contributed by atoms with E-state index in [1.807, 2.05) is 24.3 Å². The largest absolute Gasteiger partial charge is 0.347 e. The first-order valence-corrected chi connectivity index (χ1v) is 7.19. The average molecular weight is 311 g/mol. The minimum absolute atomic E-state index is 0. The van der Waals surface area contributed by atoms with Crippen LogP contribution in [0.3, 0.4) is 0 Å². The van der Waals surface area contributed by atoms with Gasteiger partial charge in [-0.1, -0.05) is 19.1 Å². The molecule has 0 bridgehead atoms. The number of aryl methyl sites for hydroxylation is 1. The van der Waals surface area contributed by atoms with Crippen molar-refractivity contribution in [3.8, 4) is 0 Å². The van der Waals surface area contributed by atoms with Crippen LogP contribution in [-0.4, -0.2) is 5.91 Å². The molecule has 0 aliphatic heterocycles. The molecule has 1 heterocycles. The third kappa shape index (κ3) is 4.34. The molecule has 1 amide bonds. The summed E-state index contributed by atoms with van der Waals surface area (Å²) in [6.07, 6.45) is 1.04. The number of rotatable bonds is 5. The maximum Gasteiger partial charge on any atom is 0.251 e. The molecule has 0 saturated carbocycles. The van der Waals surface area contributed by atoms with Crippen molar-refractivity contribution in [2.75, 3.05) is 0 Å². The monoisotopic (exact) mass is 310 g/mol. The highest BCUT2D eigenvalue weighted by Gasteiger charge is 2.06. The fraction of sp³-hybridized carbons (Fsp3) is 0.267.